The number of hydrogen-bond donors (Lipinski definition) is 2. The van der Waals surface area contributed by atoms with Gasteiger partial charge in [0.25, 0.3) is 5.91 Å². The summed E-state index contributed by atoms with van der Waals surface area (Å²) in [7, 11) is 0. The molecule has 0 radical (unpaired) electrons. The minimum absolute atomic E-state index is 0.373. The normalized spacial score (nSPS) is 16.4. The van der Waals surface area contributed by atoms with Crippen LogP contribution in [0.15, 0.2) is 22.7 Å². The number of rotatable bonds is 5. The highest BCUT2D eigenvalue weighted by molar-refractivity contribution is 9.10. The molecule has 1 amide bonds. The third-order valence-corrected chi connectivity index (χ3v) is 4.54. The Labute approximate surface area is 128 Å². The van der Waals surface area contributed by atoms with E-state index in [0.717, 1.165) is 55.1 Å². The zero-order valence-electron chi connectivity index (χ0n) is 11.9. The lowest BCUT2D eigenvalue weighted by atomic mass is 9.95. The monoisotopic (exact) mass is 339 g/mol. The molecule has 1 aliphatic rings. The molecular formula is C15H22BrN3O. The Morgan fingerprint density at radius 3 is 2.75 bits per heavy atom. The Morgan fingerprint density at radius 1 is 1.45 bits per heavy atom. The SMILES string of the molecule is CCNCC1CCN(c2cccc(Br)c2C(N)=O)CC1. The molecule has 110 valence electrons. The summed E-state index contributed by atoms with van der Waals surface area (Å²) in [5.41, 5.74) is 7.06. The fraction of sp³-hybridized carbons (Fsp3) is 0.533. The molecule has 0 atom stereocenters. The summed E-state index contributed by atoms with van der Waals surface area (Å²) in [5, 5.41) is 3.41. The summed E-state index contributed by atoms with van der Waals surface area (Å²) in [6.45, 7) is 6.21. The molecule has 2 rings (SSSR count). The molecule has 1 aliphatic heterocycles. The molecule has 3 N–H and O–H groups in total. The van der Waals surface area contributed by atoms with Crippen LogP contribution in [0.2, 0.25) is 0 Å². The second-order valence-corrected chi connectivity index (χ2v) is 6.09. The molecule has 0 unspecified atom stereocenters. The number of carbonyl (C=O) groups is 1. The molecule has 0 bridgehead atoms. The predicted molar refractivity (Wildman–Crippen MR) is 86.1 cm³/mol. The van der Waals surface area contributed by atoms with Crippen molar-refractivity contribution in [3.05, 3.63) is 28.2 Å². The van der Waals surface area contributed by atoms with E-state index in [1.54, 1.807) is 0 Å². The minimum Gasteiger partial charge on any atom is -0.371 e. The maximum atomic E-state index is 11.6. The molecule has 1 aromatic carbocycles. The Morgan fingerprint density at radius 2 is 2.15 bits per heavy atom. The van der Waals surface area contributed by atoms with Crippen LogP contribution in [0.3, 0.4) is 0 Å². The Hall–Kier alpha value is -1.07. The lowest BCUT2D eigenvalue weighted by Crippen LogP contribution is -2.38. The molecule has 4 nitrogen and oxygen atoms in total. The van der Waals surface area contributed by atoms with Crippen molar-refractivity contribution in [2.24, 2.45) is 11.7 Å². The van der Waals surface area contributed by atoms with Gasteiger partial charge in [-0.2, -0.15) is 0 Å². The number of halogens is 1. The summed E-state index contributed by atoms with van der Waals surface area (Å²) in [5.74, 6) is 0.359. The van der Waals surface area contributed by atoms with Crippen molar-refractivity contribution in [2.75, 3.05) is 31.1 Å². The van der Waals surface area contributed by atoms with E-state index in [-0.39, 0.29) is 5.91 Å². The van der Waals surface area contributed by atoms with E-state index >= 15 is 0 Å². The van der Waals surface area contributed by atoms with Crippen LogP contribution in [-0.4, -0.2) is 32.1 Å². The topological polar surface area (TPSA) is 58.4 Å². The molecule has 5 heteroatoms. The minimum atomic E-state index is -0.373. The molecule has 1 fully saturated rings. The standard InChI is InChI=1S/C15H22BrN3O/c1-2-18-10-11-6-8-19(9-7-11)13-5-3-4-12(16)14(13)15(17)20/h3-5,11,18H,2,6-10H2,1H3,(H2,17,20). The number of nitrogens with one attached hydrogen (secondary N) is 1. The molecule has 0 spiro atoms. The second kappa shape index (κ2) is 7.09. The third kappa shape index (κ3) is 3.52. The summed E-state index contributed by atoms with van der Waals surface area (Å²) in [6, 6.07) is 5.80. The van der Waals surface area contributed by atoms with Crippen molar-refractivity contribution in [1.29, 1.82) is 0 Å². The summed E-state index contributed by atoms with van der Waals surface area (Å²) >= 11 is 3.42. The molecule has 20 heavy (non-hydrogen) atoms. The molecule has 1 heterocycles. The first kappa shape index (κ1) is 15.3. The number of benzene rings is 1. The zero-order chi connectivity index (χ0) is 14.5. The van der Waals surface area contributed by atoms with Crippen LogP contribution in [-0.2, 0) is 0 Å². The van der Waals surface area contributed by atoms with Gasteiger partial charge in [-0.15, -0.1) is 0 Å². The van der Waals surface area contributed by atoms with Gasteiger partial charge < -0.3 is 16.0 Å². The summed E-state index contributed by atoms with van der Waals surface area (Å²) < 4.78 is 0.775. The van der Waals surface area contributed by atoms with Gasteiger partial charge in [-0.05, 0) is 59.9 Å². The predicted octanol–water partition coefficient (Wildman–Crippen LogP) is 2.37. The second-order valence-electron chi connectivity index (χ2n) is 5.24. The number of hydrogen-bond acceptors (Lipinski definition) is 3. The maximum absolute atomic E-state index is 11.6. The van der Waals surface area contributed by atoms with Gasteiger partial charge in [-0.3, -0.25) is 4.79 Å². The maximum Gasteiger partial charge on any atom is 0.251 e. The first-order valence-electron chi connectivity index (χ1n) is 7.17. The van der Waals surface area contributed by atoms with Crippen LogP contribution in [0.5, 0.6) is 0 Å². The lowest BCUT2D eigenvalue weighted by Gasteiger charge is -2.34. The highest BCUT2D eigenvalue weighted by Gasteiger charge is 2.23. The summed E-state index contributed by atoms with van der Waals surface area (Å²) in [4.78, 5) is 13.9. The number of nitrogens with zero attached hydrogens (tertiary/aromatic N) is 1. The van der Waals surface area contributed by atoms with Gasteiger partial charge in [0.2, 0.25) is 0 Å². The van der Waals surface area contributed by atoms with E-state index in [0.29, 0.717) is 5.56 Å². The number of anilines is 1. The van der Waals surface area contributed by atoms with Crippen molar-refractivity contribution >= 4 is 27.5 Å². The highest BCUT2D eigenvalue weighted by atomic mass is 79.9. The lowest BCUT2D eigenvalue weighted by molar-refractivity contribution is 0.1000. The van der Waals surface area contributed by atoms with E-state index in [9.17, 15) is 4.79 Å². The van der Waals surface area contributed by atoms with Crippen molar-refractivity contribution in [1.82, 2.24) is 5.32 Å². The van der Waals surface area contributed by atoms with Gasteiger partial charge in [-0.1, -0.05) is 13.0 Å². The Bertz CT molecular complexity index is 470. The third-order valence-electron chi connectivity index (χ3n) is 3.88. The van der Waals surface area contributed by atoms with Crippen LogP contribution in [0, 0.1) is 5.92 Å². The fourth-order valence-electron chi connectivity index (χ4n) is 2.75. The Balaban J connectivity index is 2.07. The van der Waals surface area contributed by atoms with Crippen molar-refractivity contribution < 1.29 is 4.79 Å². The van der Waals surface area contributed by atoms with Crippen molar-refractivity contribution in [3.63, 3.8) is 0 Å². The average Bonchev–Trinajstić information content (AvgIpc) is 2.45. The van der Waals surface area contributed by atoms with Gasteiger partial charge >= 0.3 is 0 Å². The quantitative estimate of drug-likeness (QED) is 0.865. The molecule has 1 saturated heterocycles. The van der Waals surface area contributed by atoms with Crippen molar-refractivity contribution in [3.8, 4) is 0 Å². The molecule has 0 saturated carbocycles. The van der Waals surface area contributed by atoms with Gasteiger partial charge in [0.05, 0.1) is 11.3 Å². The average molecular weight is 340 g/mol. The van der Waals surface area contributed by atoms with Crippen LogP contribution in [0.1, 0.15) is 30.1 Å². The van der Waals surface area contributed by atoms with Gasteiger partial charge in [0.1, 0.15) is 0 Å². The van der Waals surface area contributed by atoms with Crippen LogP contribution in [0.4, 0.5) is 5.69 Å². The van der Waals surface area contributed by atoms with E-state index in [1.807, 2.05) is 18.2 Å². The number of amides is 1. The van der Waals surface area contributed by atoms with E-state index < -0.39 is 0 Å². The van der Waals surface area contributed by atoms with E-state index in [4.69, 9.17) is 5.73 Å². The molecule has 0 aromatic heterocycles. The largest absolute Gasteiger partial charge is 0.371 e. The van der Waals surface area contributed by atoms with Crippen LogP contribution in [0.25, 0.3) is 0 Å². The number of primary amides is 1. The number of carbonyl (C=O) groups excluding carboxylic acids is 1. The number of nitrogens with two attached hydrogens (primary N) is 1. The first-order valence-corrected chi connectivity index (χ1v) is 7.96. The summed E-state index contributed by atoms with van der Waals surface area (Å²) in [6.07, 6.45) is 2.30. The van der Waals surface area contributed by atoms with Crippen LogP contribution >= 0.6 is 15.9 Å². The van der Waals surface area contributed by atoms with Gasteiger partial charge in [0.15, 0.2) is 0 Å². The van der Waals surface area contributed by atoms with Crippen molar-refractivity contribution in [2.45, 2.75) is 19.8 Å². The van der Waals surface area contributed by atoms with E-state index in [1.165, 1.54) is 0 Å². The molecular weight excluding hydrogens is 318 g/mol. The fourth-order valence-corrected chi connectivity index (χ4v) is 3.30. The van der Waals surface area contributed by atoms with Crippen LogP contribution < -0.4 is 16.0 Å². The molecule has 0 aliphatic carbocycles. The number of piperidine rings is 1. The highest BCUT2D eigenvalue weighted by Crippen LogP contribution is 2.30. The first-order chi connectivity index (χ1) is 9.63. The Kier molecular flexibility index (Phi) is 5.43. The van der Waals surface area contributed by atoms with Gasteiger partial charge in [-0.25, -0.2) is 0 Å². The van der Waals surface area contributed by atoms with E-state index in [2.05, 4.69) is 33.1 Å². The van der Waals surface area contributed by atoms with Gasteiger partial charge in [0, 0.05) is 17.6 Å². The zero-order valence-corrected chi connectivity index (χ0v) is 13.4. The smallest absolute Gasteiger partial charge is 0.251 e. The molecule has 1 aromatic rings.